The van der Waals surface area contributed by atoms with Gasteiger partial charge in [-0.3, -0.25) is 9.10 Å². The minimum Gasteiger partial charge on any atom is -0.455 e. The number of para-hydroxylation sites is 1. The number of hydrogen-bond donors (Lipinski definition) is 1. The molecule has 0 fully saturated rings. The Hall–Kier alpha value is -4.89. The van der Waals surface area contributed by atoms with Crippen molar-refractivity contribution in [1.82, 2.24) is 10.5 Å². The first-order valence-corrected chi connectivity index (χ1v) is 14.8. The highest BCUT2D eigenvalue weighted by Crippen LogP contribution is 2.42. The highest BCUT2D eigenvalue weighted by Gasteiger charge is 2.26. The summed E-state index contributed by atoms with van der Waals surface area (Å²) in [4.78, 5) is 13.2. The van der Waals surface area contributed by atoms with Crippen molar-refractivity contribution in [2.75, 3.05) is 24.7 Å². The number of aryl methyl sites for hydroxylation is 1. The van der Waals surface area contributed by atoms with Crippen LogP contribution in [0.5, 0.6) is 0 Å². The van der Waals surface area contributed by atoms with E-state index < -0.39 is 10.0 Å². The molecule has 0 radical (unpaired) electrons. The van der Waals surface area contributed by atoms with Gasteiger partial charge in [-0.1, -0.05) is 65.3 Å². The van der Waals surface area contributed by atoms with E-state index in [0.29, 0.717) is 44.8 Å². The van der Waals surface area contributed by atoms with Crippen molar-refractivity contribution in [2.24, 2.45) is 0 Å². The van der Waals surface area contributed by atoms with Crippen LogP contribution in [0.2, 0.25) is 0 Å². The molecule has 0 unspecified atom stereocenters. The van der Waals surface area contributed by atoms with Gasteiger partial charge in [0.15, 0.2) is 5.58 Å². The van der Waals surface area contributed by atoms with Crippen LogP contribution in [0.1, 0.15) is 15.9 Å². The average molecular weight is 566 g/mol. The number of aromatic nitrogens is 1. The van der Waals surface area contributed by atoms with Crippen LogP contribution in [0.25, 0.3) is 55.6 Å². The van der Waals surface area contributed by atoms with Crippen molar-refractivity contribution in [3.05, 3.63) is 96.1 Å². The summed E-state index contributed by atoms with van der Waals surface area (Å²) >= 11 is 0. The molecule has 6 aromatic rings. The van der Waals surface area contributed by atoms with Crippen molar-refractivity contribution in [2.45, 2.75) is 6.92 Å². The lowest BCUT2D eigenvalue weighted by Crippen LogP contribution is -2.25. The molecule has 0 aliphatic heterocycles. The Bertz CT molecular complexity index is 2060. The maximum Gasteiger partial charge on any atom is 0.255 e. The number of sulfonamides is 1. The Balaban J connectivity index is 1.62. The molecule has 0 aliphatic rings. The maximum atomic E-state index is 13.2. The summed E-state index contributed by atoms with van der Waals surface area (Å²) in [6.45, 7) is 1.98. The second kappa shape index (κ2) is 9.94. The predicted octanol–water partition coefficient (Wildman–Crippen LogP) is 6.64. The first-order chi connectivity index (χ1) is 19.7. The molecule has 1 amide bonds. The summed E-state index contributed by atoms with van der Waals surface area (Å²) in [5.74, 6) is 0.101. The van der Waals surface area contributed by atoms with Gasteiger partial charge in [-0.15, -0.1) is 0 Å². The Labute approximate surface area is 237 Å². The van der Waals surface area contributed by atoms with E-state index in [9.17, 15) is 13.2 Å². The minimum absolute atomic E-state index is 0.308. The maximum absolute atomic E-state index is 13.2. The van der Waals surface area contributed by atoms with E-state index in [1.165, 1.54) is 11.4 Å². The Morgan fingerprint density at radius 2 is 1.59 bits per heavy atom. The van der Waals surface area contributed by atoms with Crippen molar-refractivity contribution in [3.8, 4) is 33.7 Å². The third-order valence-corrected chi connectivity index (χ3v) is 8.43. The normalized spacial score (nSPS) is 11.7. The van der Waals surface area contributed by atoms with Gasteiger partial charge in [-0.05, 0) is 36.8 Å². The largest absolute Gasteiger partial charge is 0.455 e. The molecule has 206 valence electrons. The van der Waals surface area contributed by atoms with E-state index in [1.54, 1.807) is 13.1 Å². The van der Waals surface area contributed by atoms with Crippen LogP contribution < -0.4 is 9.62 Å². The molecule has 2 heterocycles. The highest BCUT2D eigenvalue weighted by atomic mass is 32.2. The molecular weight excluding hydrogens is 538 g/mol. The number of amides is 1. The first-order valence-electron chi connectivity index (χ1n) is 12.9. The third kappa shape index (κ3) is 4.64. The van der Waals surface area contributed by atoms with E-state index in [4.69, 9.17) is 8.94 Å². The standard InChI is InChI=1S/C32H27N3O5S/c1-19-12-14-20(15-13-19)31-29(32(36)33-2)25-17-24(26(18-28(25)39-31)35(3)41(4,37)38)21-8-7-9-22(16-21)30-23-10-5-6-11-27(23)40-34-30/h5-18H,1-4H3,(H,33,36). The van der Waals surface area contributed by atoms with E-state index in [0.717, 1.165) is 33.9 Å². The summed E-state index contributed by atoms with van der Waals surface area (Å²) < 4.78 is 38.5. The summed E-state index contributed by atoms with van der Waals surface area (Å²) in [5.41, 5.74) is 6.50. The van der Waals surface area contributed by atoms with Crippen LogP contribution in [0.3, 0.4) is 0 Å². The van der Waals surface area contributed by atoms with E-state index >= 15 is 0 Å². The van der Waals surface area contributed by atoms with Gasteiger partial charge in [-0.25, -0.2) is 8.42 Å². The van der Waals surface area contributed by atoms with Crippen molar-refractivity contribution >= 4 is 43.6 Å². The number of nitrogens with one attached hydrogen (secondary N) is 1. The molecule has 2 aromatic heterocycles. The van der Waals surface area contributed by atoms with E-state index in [-0.39, 0.29) is 5.91 Å². The molecule has 0 aliphatic carbocycles. The monoisotopic (exact) mass is 565 g/mol. The lowest BCUT2D eigenvalue weighted by molar-refractivity contribution is 0.0964. The molecule has 0 spiro atoms. The van der Waals surface area contributed by atoms with Crippen molar-refractivity contribution in [1.29, 1.82) is 0 Å². The zero-order valence-corrected chi connectivity index (χ0v) is 23.7. The number of carbonyl (C=O) groups is 1. The van der Waals surface area contributed by atoms with Crippen molar-refractivity contribution < 1.29 is 22.2 Å². The third-order valence-electron chi connectivity index (χ3n) is 7.24. The lowest BCUT2D eigenvalue weighted by Gasteiger charge is -2.21. The van der Waals surface area contributed by atoms with Gasteiger partial charge in [0, 0.05) is 47.6 Å². The molecule has 0 atom stereocenters. The van der Waals surface area contributed by atoms with Crippen LogP contribution in [-0.4, -0.2) is 39.8 Å². The summed E-state index contributed by atoms with van der Waals surface area (Å²) in [5, 5.41) is 8.45. The molecule has 8 nitrogen and oxygen atoms in total. The van der Waals surface area contributed by atoms with Crippen LogP contribution in [0, 0.1) is 6.92 Å². The predicted molar refractivity (Wildman–Crippen MR) is 161 cm³/mol. The Morgan fingerprint density at radius 3 is 2.32 bits per heavy atom. The van der Waals surface area contributed by atoms with Gasteiger partial charge in [0.2, 0.25) is 10.0 Å². The SMILES string of the molecule is CNC(=O)c1c(-c2ccc(C)cc2)oc2cc(N(C)S(C)(=O)=O)c(-c3cccc(-c4noc5ccccc45)c3)cc12. The Kier molecular flexibility index (Phi) is 6.38. The van der Waals surface area contributed by atoms with E-state index in [1.807, 2.05) is 85.8 Å². The molecule has 41 heavy (non-hydrogen) atoms. The molecule has 6 rings (SSSR count). The van der Waals surface area contributed by atoms with Gasteiger partial charge >= 0.3 is 0 Å². The van der Waals surface area contributed by atoms with Crippen LogP contribution in [0.4, 0.5) is 5.69 Å². The van der Waals surface area contributed by atoms with Gasteiger partial charge in [-0.2, -0.15) is 0 Å². The van der Waals surface area contributed by atoms with Gasteiger partial charge in [0.1, 0.15) is 17.0 Å². The lowest BCUT2D eigenvalue weighted by atomic mass is 9.96. The first kappa shape index (κ1) is 26.3. The summed E-state index contributed by atoms with van der Waals surface area (Å²) in [6.07, 6.45) is 1.15. The number of nitrogens with zero attached hydrogens (tertiary/aromatic N) is 2. The van der Waals surface area contributed by atoms with Crippen LogP contribution >= 0.6 is 0 Å². The fourth-order valence-electron chi connectivity index (χ4n) is 4.99. The quantitative estimate of drug-likeness (QED) is 0.243. The zero-order chi connectivity index (χ0) is 28.9. The number of rotatable bonds is 6. The summed E-state index contributed by atoms with van der Waals surface area (Å²) in [7, 11) is -0.567. The second-order valence-electron chi connectivity index (χ2n) is 9.96. The number of furan rings is 1. The van der Waals surface area contributed by atoms with Gasteiger partial charge < -0.3 is 14.3 Å². The molecule has 0 saturated heterocycles. The van der Waals surface area contributed by atoms with E-state index in [2.05, 4.69) is 10.5 Å². The fraction of sp³-hybridized carbons (Fsp3) is 0.125. The topological polar surface area (TPSA) is 106 Å². The molecule has 1 N–H and O–H groups in total. The molecule has 0 bridgehead atoms. The molecule has 4 aromatic carbocycles. The number of hydrogen-bond acceptors (Lipinski definition) is 6. The smallest absolute Gasteiger partial charge is 0.255 e. The number of carbonyl (C=O) groups excluding carboxylic acids is 1. The Morgan fingerprint density at radius 1 is 0.854 bits per heavy atom. The van der Waals surface area contributed by atoms with Crippen LogP contribution in [0.15, 0.2) is 93.9 Å². The number of fused-ring (bicyclic) bond motifs is 2. The fourth-order valence-corrected chi connectivity index (χ4v) is 5.50. The van der Waals surface area contributed by atoms with Gasteiger partial charge in [0.05, 0.1) is 17.5 Å². The van der Waals surface area contributed by atoms with Gasteiger partial charge in [0.25, 0.3) is 5.91 Å². The van der Waals surface area contributed by atoms with Crippen molar-refractivity contribution in [3.63, 3.8) is 0 Å². The molecule has 9 heteroatoms. The zero-order valence-electron chi connectivity index (χ0n) is 22.9. The minimum atomic E-state index is -3.63. The summed E-state index contributed by atoms with van der Waals surface area (Å²) in [6, 6.07) is 26.4. The highest BCUT2D eigenvalue weighted by molar-refractivity contribution is 7.92. The second-order valence-corrected chi connectivity index (χ2v) is 12.0. The number of benzene rings is 4. The molecular formula is C32H27N3O5S. The average Bonchev–Trinajstić information content (AvgIpc) is 3.57. The number of anilines is 1. The molecule has 0 saturated carbocycles. The van der Waals surface area contributed by atoms with Crippen LogP contribution in [-0.2, 0) is 10.0 Å².